The lowest BCUT2D eigenvalue weighted by Gasteiger charge is -2.29. The molecule has 0 aliphatic rings. The standard InChI is InChI=1S/C11H21O/c1-6-8-9-11(3,4)10(7-2)12-5/h8-10H,2,6-7H2,1,3-5H3/b9-8-. The van der Waals surface area contributed by atoms with E-state index >= 15 is 0 Å². The first-order valence-electron chi connectivity index (χ1n) is 4.58. The van der Waals surface area contributed by atoms with Gasteiger partial charge in [-0.2, -0.15) is 0 Å². The van der Waals surface area contributed by atoms with E-state index in [0.29, 0.717) is 0 Å². The highest BCUT2D eigenvalue weighted by Crippen LogP contribution is 2.26. The second kappa shape index (κ2) is 5.36. The molecule has 1 radical (unpaired) electrons. The summed E-state index contributed by atoms with van der Waals surface area (Å²) in [6.45, 7) is 10.4. The summed E-state index contributed by atoms with van der Waals surface area (Å²) in [5, 5.41) is 0. The molecule has 0 aromatic rings. The van der Waals surface area contributed by atoms with Crippen LogP contribution in [0.5, 0.6) is 0 Å². The van der Waals surface area contributed by atoms with Gasteiger partial charge in [-0.05, 0) is 12.8 Å². The predicted molar refractivity (Wildman–Crippen MR) is 54.0 cm³/mol. The number of rotatable bonds is 5. The van der Waals surface area contributed by atoms with Gasteiger partial charge in [0.2, 0.25) is 0 Å². The van der Waals surface area contributed by atoms with E-state index in [0.717, 1.165) is 12.8 Å². The van der Waals surface area contributed by atoms with Crippen LogP contribution in [0.2, 0.25) is 0 Å². The molecule has 0 spiro atoms. The van der Waals surface area contributed by atoms with Crippen LogP contribution >= 0.6 is 0 Å². The molecule has 1 nitrogen and oxygen atoms in total. The smallest absolute Gasteiger partial charge is 0.0656 e. The van der Waals surface area contributed by atoms with Gasteiger partial charge in [0.25, 0.3) is 0 Å². The summed E-state index contributed by atoms with van der Waals surface area (Å²) in [6.07, 6.45) is 6.52. The lowest BCUT2D eigenvalue weighted by atomic mass is 9.84. The Morgan fingerprint density at radius 1 is 1.50 bits per heavy atom. The maximum absolute atomic E-state index is 5.35. The van der Waals surface area contributed by atoms with E-state index in [2.05, 4.69) is 39.8 Å². The van der Waals surface area contributed by atoms with Crippen molar-refractivity contribution in [3.05, 3.63) is 19.1 Å². The van der Waals surface area contributed by atoms with Crippen molar-refractivity contribution in [1.29, 1.82) is 0 Å². The molecule has 0 aliphatic heterocycles. The van der Waals surface area contributed by atoms with Crippen LogP contribution in [-0.4, -0.2) is 13.2 Å². The molecule has 1 heteroatoms. The molecule has 0 heterocycles. The highest BCUT2D eigenvalue weighted by atomic mass is 16.5. The number of hydrogen-bond acceptors (Lipinski definition) is 1. The molecule has 12 heavy (non-hydrogen) atoms. The summed E-state index contributed by atoms with van der Waals surface area (Å²) in [7, 11) is 1.75. The maximum Gasteiger partial charge on any atom is 0.0656 e. The lowest BCUT2D eigenvalue weighted by molar-refractivity contribution is 0.0333. The Kier molecular flexibility index (Phi) is 5.23. The molecule has 0 aliphatic carbocycles. The molecule has 0 saturated heterocycles. The zero-order valence-corrected chi connectivity index (χ0v) is 8.76. The first-order chi connectivity index (χ1) is 5.58. The van der Waals surface area contributed by atoms with Gasteiger partial charge < -0.3 is 4.74 Å². The van der Waals surface area contributed by atoms with Crippen molar-refractivity contribution < 1.29 is 4.74 Å². The van der Waals surface area contributed by atoms with E-state index in [-0.39, 0.29) is 11.5 Å². The van der Waals surface area contributed by atoms with Crippen molar-refractivity contribution in [3.8, 4) is 0 Å². The first-order valence-corrected chi connectivity index (χ1v) is 4.58. The van der Waals surface area contributed by atoms with E-state index in [9.17, 15) is 0 Å². The van der Waals surface area contributed by atoms with E-state index in [1.807, 2.05) is 0 Å². The van der Waals surface area contributed by atoms with Crippen molar-refractivity contribution in [2.75, 3.05) is 7.11 Å². The van der Waals surface area contributed by atoms with E-state index in [4.69, 9.17) is 4.74 Å². The first kappa shape index (κ1) is 11.7. The van der Waals surface area contributed by atoms with Crippen LogP contribution in [-0.2, 0) is 4.74 Å². The lowest BCUT2D eigenvalue weighted by Crippen LogP contribution is -2.28. The molecule has 0 amide bonds. The maximum atomic E-state index is 5.35. The van der Waals surface area contributed by atoms with Gasteiger partial charge in [-0.1, -0.05) is 39.8 Å². The summed E-state index contributed by atoms with van der Waals surface area (Å²) in [5.41, 5.74) is 0.104. The minimum Gasteiger partial charge on any atom is -0.381 e. The molecule has 0 saturated carbocycles. The fourth-order valence-corrected chi connectivity index (χ4v) is 1.32. The van der Waals surface area contributed by atoms with Crippen LogP contribution in [0.15, 0.2) is 12.2 Å². The molecule has 0 rings (SSSR count). The SMILES string of the molecule is [CH2]CC(OC)C(C)(C)/C=C\CC. The van der Waals surface area contributed by atoms with Crippen LogP contribution in [0.1, 0.15) is 33.6 Å². The van der Waals surface area contributed by atoms with Crippen molar-refractivity contribution in [1.82, 2.24) is 0 Å². The summed E-state index contributed by atoms with van der Waals surface area (Å²) >= 11 is 0. The number of ether oxygens (including phenoxy) is 1. The fraction of sp³-hybridized carbons (Fsp3) is 0.727. The minimum atomic E-state index is 0.104. The largest absolute Gasteiger partial charge is 0.381 e. The minimum absolute atomic E-state index is 0.104. The van der Waals surface area contributed by atoms with Crippen molar-refractivity contribution in [2.24, 2.45) is 5.41 Å². The highest BCUT2D eigenvalue weighted by molar-refractivity contribution is 4.99. The Balaban J connectivity index is 4.24. The number of methoxy groups -OCH3 is 1. The molecule has 0 aromatic carbocycles. The highest BCUT2D eigenvalue weighted by Gasteiger charge is 2.24. The molecule has 71 valence electrons. The molecule has 0 N–H and O–H groups in total. The second-order valence-corrected chi connectivity index (χ2v) is 3.65. The third-order valence-electron chi connectivity index (χ3n) is 2.16. The Labute approximate surface area is 76.8 Å². The molecule has 1 atom stereocenters. The molecule has 0 bridgehead atoms. The van der Waals surface area contributed by atoms with Gasteiger partial charge in [-0.25, -0.2) is 0 Å². The molecular formula is C11H21O. The van der Waals surface area contributed by atoms with Gasteiger partial charge in [0, 0.05) is 12.5 Å². The van der Waals surface area contributed by atoms with Crippen LogP contribution in [0, 0.1) is 12.3 Å². The third-order valence-corrected chi connectivity index (χ3v) is 2.16. The summed E-state index contributed by atoms with van der Waals surface area (Å²) in [6, 6.07) is 0. The van der Waals surface area contributed by atoms with E-state index < -0.39 is 0 Å². The summed E-state index contributed by atoms with van der Waals surface area (Å²) in [4.78, 5) is 0. The Bertz CT molecular complexity index is 132. The average molecular weight is 169 g/mol. The van der Waals surface area contributed by atoms with Crippen LogP contribution in [0.3, 0.4) is 0 Å². The Morgan fingerprint density at radius 3 is 2.42 bits per heavy atom. The zero-order valence-electron chi connectivity index (χ0n) is 8.76. The number of allylic oxidation sites excluding steroid dienone is 1. The second-order valence-electron chi connectivity index (χ2n) is 3.65. The number of hydrogen-bond donors (Lipinski definition) is 0. The van der Waals surface area contributed by atoms with Gasteiger partial charge in [-0.15, -0.1) is 0 Å². The van der Waals surface area contributed by atoms with Gasteiger partial charge in [0.15, 0.2) is 0 Å². The van der Waals surface area contributed by atoms with Crippen molar-refractivity contribution in [2.45, 2.75) is 39.7 Å². The predicted octanol–water partition coefficient (Wildman–Crippen LogP) is 3.22. The van der Waals surface area contributed by atoms with Crippen LogP contribution < -0.4 is 0 Å². The normalized spacial score (nSPS) is 15.4. The molecule has 0 fully saturated rings. The summed E-state index contributed by atoms with van der Waals surface area (Å²) < 4.78 is 5.35. The Morgan fingerprint density at radius 2 is 2.08 bits per heavy atom. The van der Waals surface area contributed by atoms with Gasteiger partial charge in [0.1, 0.15) is 0 Å². The van der Waals surface area contributed by atoms with Crippen molar-refractivity contribution >= 4 is 0 Å². The van der Waals surface area contributed by atoms with Gasteiger partial charge in [0.05, 0.1) is 6.10 Å². The molecule has 0 aromatic heterocycles. The van der Waals surface area contributed by atoms with Crippen LogP contribution in [0.25, 0.3) is 0 Å². The van der Waals surface area contributed by atoms with E-state index in [1.54, 1.807) is 7.11 Å². The third kappa shape index (κ3) is 3.40. The monoisotopic (exact) mass is 169 g/mol. The van der Waals surface area contributed by atoms with Gasteiger partial charge >= 0.3 is 0 Å². The zero-order chi connectivity index (χ0) is 9.61. The van der Waals surface area contributed by atoms with Gasteiger partial charge in [-0.3, -0.25) is 0 Å². The average Bonchev–Trinajstić information content (AvgIpc) is 2.03. The molecular weight excluding hydrogens is 148 g/mol. The quantitative estimate of drug-likeness (QED) is 0.574. The van der Waals surface area contributed by atoms with Crippen LogP contribution in [0.4, 0.5) is 0 Å². The Hall–Kier alpha value is -0.300. The topological polar surface area (TPSA) is 9.23 Å². The fourth-order valence-electron chi connectivity index (χ4n) is 1.32. The van der Waals surface area contributed by atoms with E-state index in [1.165, 1.54) is 0 Å². The summed E-state index contributed by atoms with van der Waals surface area (Å²) in [5.74, 6) is 0. The molecule has 1 unspecified atom stereocenters. The van der Waals surface area contributed by atoms with Crippen molar-refractivity contribution in [3.63, 3.8) is 0 Å².